The smallest absolute Gasteiger partial charge is 0.252 e. The minimum atomic E-state index is 0.595. The molecule has 0 aromatic carbocycles. The maximum absolute atomic E-state index is 4.81. The van der Waals surface area contributed by atoms with Crippen LogP contribution in [0.5, 0.6) is 0 Å². The van der Waals surface area contributed by atoms with Crippen LogP contribution < -0.4 is 4.90 Å². The summed E-state index contributed by atoms with van der Waals surface area (Å²) < 4.78 is 1.79. The van der Waals surface area contributed by atoms with Crippen molar-refractivity contribution in [3.63, 3.8) is 0 Å². The molecule has 1 aliphatic heterocycles. The first-order valence-electron chi connectivity index (χ1n) is 9.22. The molecule has 0 radical (unpaired) electrons. The highest BCUT2D eigenvalue weighted by molar-refractivity contribution is 7.13. The maximum atomic E-state index is 4.81. The average Bonchev–Trinajstić information content (AvgIpc) is 3.39. The van der Waals surface area contributed by atoms with Crippen molar-refractivity contribution in [2.24, 2.45) is 0 Å². The summed E-state index contributed by atoms with van der Waals surface area (Å²) >= 11 is 1.62. The average molecular weight is 392 g/mol. The first-order chi connectivity index (χ1) is 13.7. The lowest BCUT2D eigenvalue weighted by molar-refractivity contribution is 0.311. The zero-order valence-electron chi connectivity index (χ0n) is 15.8. The molecule has 1 saturated heterocycles. The van der Waals surface area contributed by atoms with Crippen LogP contribution in [0, 0.1) is 6.92 Å². The molecule has 1 fully saturated rings. The zero-order valence-corrected chi connectivity index (χ0v) is 16.6. The van der Waals surface area contributed by atoms with Crippen LogP contribution in [0.2, 0.25) is 0 Å². The third kappa shape index (κ3) is 3.02. The van der Waals surface area contributed by atoms with Gasteiger partial charge in [-0.05, 0) is 31.5 Å². The number of aryl methyl sites for hydroxylation is 1. The second kappa shape index (κ2) is 6.92. The van der Waals surface area contributed by atoms with E-state index in [-0.39, 0.29) is 0 Å². The quantitative estimate of drug-likeness (QED) is 0.530. The van der Waals surface area contributed by atoms with E-state index in [0.717, 1.165) is 54.0 Å². The fourth-order valence-corrected chi connectivity index (χ4v) is 4.01. The Labute approximate surface area is 166 Å². The van der Waals surface area contributed by atoms with E-state index >= 15 is 0 Å². The van der Waals surface area contributed by atoms with Crippen LogP contribution in [0.15, 0.2) is 36.0 Å². The summed E-state index contributed by atoms with van der Waals surface area (Å²) in [6.07, 6.45) is 3.64. The summed E-state index contributed by atoms with van der Waals surface area (Å²) in [6.45, 7) is 5.93. The SMILES string of the molecule is Cc1c(-c2ccnc(N3CCN(C)CC3)n2)cnc2nc(-c3cccs3)nn12. The Balaban J connectivity index is 1.52. The number of rotatable bonds is 3. The van der Waals surface area contributed by atoms with E-state index in [1.807, 2.05) is 42.9 Å². The van der Waals surface area contributed by atoms with Gasteiger partial charge in [0.25, 0.3) is 5.78 Å². The fourth-order valence-electron chi connectivity index (χ4n) is 3.36. The lowest BCUT2D eigenvalue weighted by Gasteiger charge is -2.32. The van der Waals surface area contributed by atoms with Gasteiger partial charge in [-0.25, -0.2) is 19.5 Å². The van der Waals surface area contributed by atoms with Crippen molar-refractivity contribution in [2.45, 2.75) is 6.92 Å². The van der Waals surface area contributed by atoms with Gasteiger partial charge in [-0.3, -0.25) is 0 Å². The van der Waals surface area contributed by atoms with Crippen LogP contribution in [0.25, 0.3) is 27.7 Å². The maximum Gasteiger partial charge on any atom is 0.252 e. The number of hydrogen-bond acceptors (Lipinski definition) is 8. The predicted molar refractivity (Wildman–Crippen MR) is 110 cm³/mol. The Morgan fingerprint density at radius 2 is 1.89 bits per heavy atom. The number of likely N-dealkylation sites (N-methyl/N-ethyl adjacent to an activating group) is 1. The third-order valence-corrected chi connectivity index (χ3v) is 5.92. The van der Waals surface area contributed by atoms with Gasteiger partial charge in [0.2, 0.25) is 5.95 Å². The summed E-state index contributed by atoms with van der Waals surface area (Å²) in [5.74, 6) is 2.06. The minimum Gasteiger partial charge on any atom is -0.338 e. The number of thiophene rings is 1. The van der Waals surface area contributed by atoms with E-state index in [4.69, 9.17) is 4.98 Å². The van der Waals surface area contributed by atoms with Gasteiger partial charge in [0.05, 0.1) is 16.3 Å². The molecule has 0 bridgehead atoms. The van der Waals surface area contributed by atoms with Crippen LogP contribution in [0.3, 0.4) is 0 Å². The predicted octanol–water partition coefficient (Wildman–Crippen LogP) is 2.37. The summed E-state index contributed by atoms with van der Waals surface area (Å²) in [6, 6.07) is 5.94. The lowest BCUT2D eigenvalue weighted by atomic mass is 10.2. The second-order valence-corrected chi connectivity index (χ2v) is 7.86. The van der Waals surface area contributed by atoms with Gasteiger partial charge in [0.1, 0.15) is 0 Å². The Morgan fingerprint density at radius 1 is 1.04 bits per heavy atom. The molecule has 1 aliphatic rings. The first-order valence-corrected chi connectivity index (χ1v) is 10.1. The van der Waals surface area contributed by atoms with Gasteiger partial charge in [0.15, 0.2) is 5.82 Å². The second-order valence-electron chi connectivity index (χ2n) is 6.91. The molecule has 4 aromatic heterocycles. The van der Waals surface area contributed by atoms with E-state index in [1.54, 1.807) is 15.9 Å². The normalized spacial score (nSPS) is 15.4. The first kappa shape index (κ1) is 17.2. The van der Waals surface area contributed by atoms with Gasteiger partial charge in [0, 0.05) is 44.1 Å². The number of piperazine rings is 1. The van der Waals surface area contributed by atoms with Crippen molar-refractivity contribution in [2.75, 3.05) is 38.1 Å². The number of fused-ring (bicyclic) bond motifs is 1. The molecule has 9 heteroatoms. The monoisotopic (exact) mass is 392 g/mol. The molecular formula is C19H20N8S. The van der Waals surface area contributed by atoms with Crippen molar-refractivity contribution >= 4 is 23.1 Å². The molecule has 0 unspecified atom stereocenters. The molecule has 0 atom stereocenters. The van der Waals surface area contributed by atoms with Gasteiger partial charge in [-0.2, -0.15) is 4.98 Å². The van der Waals surface area contributed by atoms with E-state index in [1.165, 1.54) is 0 Å². The highest BCUT2D eigenvalue weighted by Gasteiger charge is 2.18. The minimum absolute atomic E-state index is 0.595. The number of aromatic nitrogens is 6. The number of hydrogen-bond donors (Lipinski definition) is 0. The van der Waals surface area contributed by atoms with Crippen LogP contribution in [-0.2, 0) is 0 Å². The van der Waals surface area contributed by atoms with Crippen LogP contribution in [0.4, 0.5) is 5.95 Å². The Kier molecular flexibility index (Phi) is 4.25. The van der Waals surface area contributed by atoms with Crippen LogP contribution in [0.1, 0.15) is 5.69 Å². The summed E-state index contributed by atoms with van der Waals surface area (Å²) in [5, 5.41) is 6.68. The summed E-state index contributed by atoms with van der Waals surface area (Å²) in [4.78, 5) is 23.9. The highest BCUT2D eigenvalue weighted by Crippen LogP contribution is 2.25. The molecular weight excluding hydrogens is 372 g/mol. The molecule has 4 aromatic rings. The molecule has 0 saturated carbocycles. The highest BCUT2D eigenvalue weighted by atomic mass is 32.1. The largest absolute Gasteiger partial charge is 0.338 e. The molecule has 0 amide bonds. The molecule has 28 heavy (non-hydrogen) atoms. The Bertz CT molecular complexity index is 1110. The summed E-state index contributed by atoms with van der Waals surface area (Å²) in [5.41, 5.74) is 2.75. The van der Waals surface area contributed by atoms with E-state index in [2.05, 4.69) is 36.9 Å². The van der Waals surface area contributed by atoms with Crippen molar-refractivity contribution in [3.05, 3.63) is 41.7 Å². The molecule has 5 rings (SSSR count). The van der Waals surface area contributed by atoms with E-state index < -0.39 is 0 Å². The van der Waals surface area contributed by atoms with Gasteiger partial charge < -0.3 is 9.80 Å². The standard InChI is InChI=1S/C19H20N8S/c1-13-14(12-21-19-23-17(24-27(13)19)16-4-3-11-28-16)15-5-6-20-18(22-15)26-9-7-25(2)8-10-26/h3-6,11-12H,7-10H2,1-2H3. The molecule has 8 nitrogen and oxygen atoms in total. The lowest BCUT2D eigenvalue weighted by Crippen LogP contribution is -2.45. The van der Waals surface area contributed by atoms with Crippen LogP contribution in [-0.4, -0.2) is 67.7 Å². The zero-order chi connectivity index (χ0) is 19.1. The number of nitrogens with zero attached hydrogens (tertiary/aromatic N) is 8. The topological polar surface area (TPSA) is 75.3 Å². The van der Waals surface area contributed by atoms with Crippen LogP contribution >= 0.6 is 11.3 Å². The molecule has 5 heterocycles. The Hall–Kier alpha value is -2.91. The van der Waals surface area contributed by atoms with E-state index in [9.17, 15) is 0 Å². The number of anilines is 1. The van der Waals surface area contributed by atoms with Gasteiger partial charge in [-0.1, -0.05) is 6.07 Å². The van der Waals surface area contributed by atoms with Crippen molar-refractivity contribution in [1.29, 1.82) is 0 Å². The molecule has 0 N–H and O–H groups in total. The third-order valence-electron chi connectivity index (χ3n) is 5.05. The molecule has 142 valence electrons. The summed E-state index contributed by atoms with van der Waals surface area (Å²) in [7, 11) is 2.14. The van der Waals surface area contributed by atoms with Crippen molar-refractivity contribution in [1.82, 2.24) is 34.4 Å². The van der Waals surface area contributed by atoms with E-state index in [0.29, 0.717) is 11.6 Å². The fraction of sp³-hybridized carbons (Fsp3) is 0.316. The van der Waals surface area contributed by atoms with Gasteiger partial charge >= 0.3 is 0 Å². The molecule has 0 aliphatic carbocycles. The van der Waals surface area contributed by atoms with Crippen molar-refractivity contribution < 1.29 is 0 Å². The van der Waals surface area contributed by atoms with Gasteiger partial charge in [-0.15, -0.1) is 16.4 Å². The molecule has 0 spiro atoms. The van der Waals surface area contributed by atoms with Crippen molar-refractivity contribution in [3.8, 4) is 22.0 Å². The Morgan fingerprint density at radius 3 is 2.68 bits per heavy atom.